The molecule has 0 aliphatic heterocycles. The number of hydrogen-bond acceptors (Lipinski definition) is 4. The summed E-state index contributed by atoms with van der Waals surface area (Å²) < 4.78 is 39.3. The van der Waals surface area contributed by atoms with E-state index in [1.807, 2.05) is 0 Å². The van der Waals surface area contributed by atoms with E-state index < -0.39 is 26.7 Å². The van der Waals surface area contributed by atoms with Gasteiger partial charge in [0.05, 0.1) is 21.1 Å². The fourth-order valence-electron chi connectivity index (χ4n) is 2.01. The van der Waals surface area contributed by atoms with E-state index in [1.54, 1.807) is 13.8 Å². The highest BCUT2D eigenvalue weighted by molar-refractivity contribution is 7.91. The molecule has 0 spiro atoms. The summed E-state index contributed by atoms with van der Waals surface area (Å²) in [5, 5.41) is 2.75. The minimum Gasteiger partial charge on any atom is -0.323 e. The monoisotopic (exact) mass is 393 g/mol. The standard InChI is InChI=1S/C14H14Cl2FN3O3S/c1-3-19(4-2)14(21)20-8-11(16)13(18-20)24(22,23)9-5-6-12(17)10(15)7-9/h5-8H,3-4H2,1-2H3. The lowest BCUT2D eigenvalue weighted by Crippen LogP contribution is -2.34. The average molecular weight is 394 g/mol. The highest BCUT2D eigenvalue weighted by Gasteiger charge is 2.27. The van der Waals surface area contributed by atoms with Crippen molar-refractivity contribution in [1.82, 2.24) is 14.7 Å². The first kappa shape index (κ1) is 18.7. The first-order chi connectivity index (χ1) is 11.2. The summed E-state index contributed by atoms with van der Waals surface area (Å²) >= 11 is 11.6. The molecule has 0 aliphatic rings. The third-order valence-electron chi connectivity index (χ3n) is 3.32. The highest BCUT2D eigenvalue weighted by Crippen LogP contribution is 2.28. The summed E-state index contributed by atoms with van der Waals surface area (Å²) in [6.45, 7) is 4.43. The highest BCUT2D eigenvalue weighted by atomic mass is 35.5. The van der Waals surface area contributed by atoms with E-state index in [2.05, 4.69) is 5.10 Å². The Kier molecular flexibility index (Phi) is 5.52. The maximum atomic E-state index is 13.2. The van der Waals surface area contributed by atoms with Gasteiger partial charge in [-0.25, -0.2) is 17.6 Å². The number of carbonyl (C=O) groups excluding carboxylic acids is 1. The zero-order valence-electron chi connectivity index (χ0n) is 12.8. The number of sulfone groups is 1. The van der Waals surface area contributed by atoms with Gasteiger partial charge in [-0.15, -0.1) is 0 Å². The number of aromatic nitrogens is 2. The third kappa shape index (κ3) is 3.40. The van der Waals surface area contributed by atoms with Crippen LogP contribution in [0.3, 0.4) is 0 Å². The van der Waals surface area contributed by atoms with Crippen LogP contribution < -0.4 is 0 Å². The van der Waals surface area contributed by atoms with Gasteiger partial charge in [-0.2, -0.15) is 9.78 Å². The number of benzene rings is 1. The van der Waals surface area contributed by atoms with Crippen LogP contribution in [0.2, 0.25) is 10.0 Å². The van der Waals surface area contributed by atoms with Crippen molar-refractivity contribution in [2.45, 2.75) is 23.8 Å². The van der Waals surface area contributed by atoms with Crippen LogP contribution in [0.5, 0.6) is 0 Å². The lowest BCUT2D eigenvalue weighted by Gasteiger charge is -2.17. The molecule has 0 N–H and O–H groups in total. The van der Waals surface area contributed by atoms with Crippen molar-refractivity contribution in [2.24, 2.45) is 0 Å². The summed E-state index contributed by atoms with van der Waals surface area (Å²) in [6, 6.07) is 2.45. The molecule has 0 saturated carbocycles. The number of rotatable bonds is 4. The molecule has 0 fully saturated rings. The van der Waals surface area contributed by atoms with Gasteiger partial charge in [0.1, 0.15) is 5.82 Å². The van der Waals surface area contributed by atoms with Crippen molar-refractivity contribution in [1.29, 1.82) is 0 Å². The fourth-order valence-corrected chi connectivity index (χ4v) is 3.94. The minimum absolute atomic E-state index is 0.212. The Balaban J connectivity index is 2.49. The van der Waals surface area contributed by atoms with E-state index >= 15 is 0 Å². The Morgan fingerprint density at radius 1 is 1.25 bits per heavy atom. The summed E-state index contributed by atoms with van der Waals surface area (Å²) in [7, 11) is -4.15. The molecular formula is C14H14Cl2FN3O3S. The van der Waals surface area contributed by atoms with Gasteiger partial charge >= 0.3 is 6.03 Å². The summed E-state index contributed by atoms with van der Waals surface area (Å²) in [5.41, 5.74) is 0. The molecule has 2 aromatic rings. The molecule has 130 valence electrons. The van der Waals surface area contributed by atoms with E-state index in [4.69, 9.17) is 23.2 Å². The van der Waals surface area contributed by atoms with Crippen LogP contribution in [0.25, 0.3) is 0 Å². The van der Waals surface area contributed by atoms with E-state index in [9.17, 15) is 17.6 Å². The maximum Gasteiger partial charge on any atom is 0.344 e. The van der Waals surface area contributed by atoms with Gasteiger partial charge in [-0.1, -0.05) is 23.2 Å². The number of nitrogens with zero attached hydrogens (tertiary/aromatic N) is 3. The second-order valence-electron chi connectivity index (χ2n) is 4.76. The van der Waals surface area contributed by atoms with Crippen LogP contribution in [-0.2, 0) is 9.84 Å². The molecule has 0 unspecified atom stereocenters. The van der Waals surface area contributed by atoms with Gasteiger partial charge in [0.2, 0.25) is 14.9 Å². The predicted octanol–water partition coefficient (Wildman–Crippen LogP) is 3.47. The lowest BCUT2D eigenvalue weighted by atomic mass is 10.3. The smallest absolute Gasteiger partial charge is 0.323 e. The molecule has 1 amide bonds. The van der Waals surface area contributed by atoms with Gasteiger partial charge in [0, 0.05) is 13.1 Å². The van der Waals surface area contributed by atoms with Gasteiger partial charge in [0.15, 0.2) is 0 Å². The molecular weight excluding hydrogens is 380 g/mol. The molecule has 10 heteroatoms. The Morgan fingerprint density at radius 3 is 2.42 bits per heavy atom. The van der Waals surface area contributed by atoms with Crippen LogP contribution in [0.15, 0.2) is 34.3 Å². The molecule has 0 bridgehead atoms. The SMILES string of the molecule is CCN(CC)C(=O)n1cc(Cl)c(S(=O)(=O)c2ccc(F)c(Cl)c2)n1. The molecule has 0 aliphatic carbocycles. The first-order valence-corrected chi connectivity index (χ1v) is 9.20. The Bertz CT molecular complexity index is 879. The van der Waals surface area contributed by atoms with Gasteiger partial charge in [-0.05, 0) is 32.0 Å². The summed E-state index contributed by atoms with van der Waals surface area (Å²) in [4.78, 5) is 13.4. The molecule has 0 saturated heterocycles. The van der Waals surface area contributed by atoms with Crippen molar-refractivity contribution in [2.75, 3.05) is 13.1 Å². The first-order valence-electron chi connectivity index (χ1n) is 6.97. The maximum absolute atomic E-state index is 13.2. The van der Waals surface area contributed by atoms with E-state index in [1.165, 1.54) is 4.90 Å². The van der Waals surface area contributed by atoms with E-state index in [-0.39, 0.29) is 14.9 Å². The van der Waals surface area contributed by atoms with Crippen molar-refractivity contribution in [3.05, 3.63) is 40.3 Å². The largest absolute Gasteiger partial charge is 0.344 e. The van der Waals surface area contributed by atoms with Crippen LogP contribution in [0.4, 0.5) is 9.18 Å². The Labute approximate surface area is 148 Å². The van der Waals surface area contributed by atoms with Crippen molar-refractivity contribution in [3.8, 4) is 0 Å². The average Bonchev–Trinajstić information content (AvgIpc) is 2.93. The van der Waals surface area contributed by atoms with Crippen LogP contribution in [0.1, 0.15) is 13.8 Å². The quantitative estimate of drug-likeness (QED) is 0.745. The van der Waals surface area contributed by atoms with Crippen LogP contribution >= 0.6 is 23.2 Å². The number of amides is 1. The van der Waals surface area contributed by atoms with E-state index in [0.29, 0.717) is 13.1 Å². The molecule has 24 heavy (non-hydrogen) atoms. The second kappa shape index (κ2) is 7.08. The lowest BCUT2D eigenvalue weighted by molar-refractivity contribution is 0.201. The molecule has 1 aromatic carbocycles. The predicted molar refractivity (Wildman–Crippen MR) is 87.8 cm³/mol. The number of hydrogen-bond donors (Lipinski definition) is 0. The van der Waals surface area contributed by atoms with Gasteiger partial charge < -0.3 is 4.90 Å². The zero-order chi connectivity index (χ0) is 18.1. The Morgan fingerprint density at radius 2 is 1.88 bits per heavy atom. The Hall–Kier alpha value is -1.64. The van der Waals surface area contributed by atoms with Gasteiger partial charge in [0.25, 0.3) is 0 Å². The fraction of sp³-hybridized carbons (Fsp3) is 0.286. The molecule has 1 aromatic heterocycles. The van der Waals surface area contributed by atoms with Crippen molar-refractivity contribution in [3.63, 3.8) is 0 Å². The summed E-state index contributed by atoms with van der Waals surface area (Å²) in [5.74, 6) is -0.746. The number of halogens is 3. The second-order valence-corrected chi connectivity index (χ2v) is 7.44. The van der Waals surface area contributed by atoms with E-state index in [0.717, 1.165) is 29.1 Å². The van der Waals surface area contributed by atoms with Crippen molar-refractivity contribution >= 4 is 39.1 Å². The molecule has 1 heterocycles. The minimum atomic E-state index is -4.15. The topological polar surface area (TPSA) is 72.3 Å². The van der Waals surface area contributed by atoms with Crippen LogP contribution in [-0.4, -0.2) is 42.2 Å². The molecule has 6 nitrogen and oxygen atoms in total. The molecule has 2 rings (SSSR count). The molecule has 0 atom stereocenters. The third-order valence-corrected chi connectivity index (χ3v) is 5.69. The number of carbonyl (C=O) groups is 1. The summed E-state index contributed by atoms with van der Waals surface area (Å²) in [6.07, 6.45) is 1.13. The van der Waals surface area contributed by atoms with Gasteiger partial charge in [-0.3, -0.25) is 0 Å². The zero-order valence-corrected chi connectivity index (χ0v) is 15.2. The molecule has 0 radical (unpaired) electrons. The normalized spacial score (nSPS) is 11.5. The van der Waals surface area contributed by atoms with Crippen LogP contribution in [0, 0.1) is 5.82 Å². The van der Waals surface area contributed by atoms with Crippen molar-refractivity contribution < 1.29 is 17.6 Å².